The van der Waals surface area contributed by atoms with E-state index in [0.717, 1.165) is 38.9 Å². The van der Waals surface area contributed by atoms with Crippen molar-refractivity contribution in [3.63, 3.8) is 0 Å². The molecule has 0 saturated carbocycles. The Labute approximate surface area is 84.1 Å². The largest absolute Gasteiger partial charge is 0.396 e. The summed E-state index contributed by atoms with van der Waals surface area (Å²) < 4.78 is 1.83. The number of aliphatic hydroxyl groups is 1. The van der Waals surface area contributed by atoms with Crippen LogP contribution in [0.4, 0.5) is 0 Å². The molecule has 0 radical (unpaired) electrons. The van der Waals surface area contributed by atoms with Gasteiger partial charge in [0.2, 0.25) is 0 Å². The van der Waals surface area contributed by atoms with Gasteiger partial charge in [0.15, 0.2) is 0 Å². The minimum atomic E-state index is 0.292. The average molecular weight is 198 g/mol. The molecule has 0 unspecified atom stereocenters. The molecule has 1 rings (SSSR count). The first-order chi connectivity index (χ1) is 6.93. The number of hydrogen-bond acceptors (Lipinski definition) is 4. The van der Waals surface area contributed by atoms with Crippen LogP contribution in [0.1, 0.15) is 19.3 Å². The molecular weight excluding hydrogens is 180 g/mol. The van der Waals surface area contributed by atoms with Crippen LogP contribution in [0.25, 0.3) is 0 Å². The van der Waals surface area contributed by atoms with Crippen molar-refractivity contribution in [1.82, 2.24) is 20.3 Å². The van der Waals surface area contributed by atoms with Crippen LogP contribution in [0.2, 0.25) is 0 Å². The second-order valence-corrected chi connectivity index (χ2v) is 3.20. The monoisotopic (exact) mass is 198 g/mol. The van der Waals surface area contributed by atoms with E-state index in [0.29, 0.717) is 6.61 Å². The van der Waals surface area contributed by atoms with Crippen LogP contribution in [-0.2, 0) is 6.54 Å². The van der Waals surface area contributed by atoms with E-state index in [1.54, 1.807) is 6.20 Å². The molecule has 1 aromatic rings. The lowest BCUT2D eigenvalue weighted by Crippen LogP contribution is -2.18. The van der Waals surface area contributed by atoms with E-state index in [1.165, 1.54) is 0 Å². The molecule has 0 saturated heterocycles. The van der Waals surface area contributed by atoms with Crippen molar-refractivity contribution < 1.29 is 5.11 Å². The highest BCUT2D eigenvalue weighted by Crippen LogP contribution is 1.87. The van der Waals surface area contributed by atoms with Crippen LogP contribution in [-0.4, -0.2) is 39.8 Å². The van der Waals surface area contributed by atoms with Crippen LogP contribution in [0.15, 0.2) is 12.4 Å². The number of rotatable bonds is 8. The van der Waals surface area contributed by atoms with Gasteiger partial charge in [0.1, 0.15) is 0 Å². The molecule has 0 atom stereocenters. The third-order valence-electron chi connectivity index (χ3n) is 1.97. The third kappa shape index (κ3) is 4.94. The molecule has 14 heavy (non-hydrogen) atoms. The molecule has 1 heterocycles. The number of nitrogens with zero attached hydrogens (tertiary/aromatic N) is 3. The van der Waals surface area contributed by atoms with E-state index in [1.807, 2.05) is 10.9 Å². The van der Waals surface area contributed by atoms with Gasteiger partial charge in [0.25, 0.3) is 0 Å². The zero-order valence-electron chi connectivity index (χ0n) is 8.39. The zero-order valence-corrected chi connectivity index (χ0v) is 8.39. The summed E-state index contributed by atoms with van der Waals surface area (Å²) in [5.41, 5.74) is 0. The van der Waals surface area contributed by atoms with E-state index in [2.05, 4.69) is 15.6 Å². The zero-order chi connectivity index (χ0) is 10.1. The number of aliphatic hydroxyl groups excluding tert-OH is 1. The number of nitrogens with one attached hydrogen (secondary N) is 1. The van der Waals surface area contributed by atoms with E-state index in [4.69, 9.17) is 5.11 Å². The maximum atomic E-state index is 8.55. The van der Waals surface area contributed by atoms with Gasteiger partial charge in [0.05, 0.1) is 6.20 Å². The predicted molar refractivity (Wildman–Crippen MR) is 53.8 cm³/mol. The molecule has 0 aliphatic heterocycles. The van der Waals surface area contributed by atoms with Crippen LogP contribution in [0.3, 0.4) is 0 Å². The first-order valence-electron chi connectivity index (χ1n) is 5.09. The molecule has 0 aliphatic rings. The van der Waals surface area contributed by atoms with E-state index in [9.17, 15) is 0 Å². The van der Waals surface area contributed by atoms with Gasteiger partial charge in [-0.15, -0.1) is 5.10 Å². The Kier molecular flexibility index (Phi) is 5.94. The van der Waals surface area contributed by atoms with Gasteiger partial charge in [-0.2, -0.15) is 0 Å². The van der Waals surface area contributed by atoms with Crippen molar-refractivity contribution in [3.8, 4) is 0 Å². The van der Waals surface area contributed by atoms with Gasteiger partial charge in [-0.05, 0) is 32.4 Å². The lowest BCUT2D eigenvalue weighted by atomic mass is 10.3. The fourth-order valence-corrected chi connectivity index (χ4v) is 1.20. The molecule has 0 spiro atoms. The first kappa shape index (κ1) is 11.1. The number of unbranched alkanes of at least 4 members (excludes halogenated alkanes) is 1. The Morgan fingerprint density at radius 1 is 1.21 bits per heavy atom. The lowest BCUT2D eigenvalue weighted by molar-refractivity contribution is 0.283. The average Bonchev–Trinajstić information content (AvgIpc) is 2.69. The fraction of sp³-hybridized carbons (Fsp3) is 0.778. The van der Waals surface area contributed by atoms with Gasteiger partial charge >= 0.3 is 0 Å². The number of hydrogen-bond donors (Lipinski definition) is 2. The van der Waals surface area contributed by atoms with Crippen LogP contribution >= 0.6 is 0 Å². The van der Waals surface area contributed by atoms with E-state index >= 15 is 0 Å². The summed E-state index contributed by atoms with van der Waals surface area (Å²) in [7, 11) is 0. The van der Waals surface area contributed by atoms with Crippen LogP contribution < -0.4 is 5.32 Å². The fourth-order valence-electron chi connectivity index (χ4n) is 1.20. The molecule has 0 fully saturated rings. The molecule has 80 valence electrons. The van der Waals surface area contributed by atoms with Crippen LogP contribution in [0.5, 0.6) is 0 Å². The molecule has 1 aromatic heterocycles. The van der Waals surface area contributed by atoms with E-state index < -0.39 is 0 Å². The summed E-state index contributed by atoms with van der Waals surface area (Å²) in [5.74, 6) is 0. The van der Waals surface area contributed by atoms with Crippen molar-refractivity contribution in [3.05, 3.63) is 12.4 Å². The molecule has 2 N–H and O–H groups in total. The van der Waals surface area contributed by atoms with Crippen molar-refractivity contribution in [1.29, 1.82) is 0 Å². The van der Waals surface area contributed by atoms with Crippen molar-refractivity contribution in [2.75, 3.05) is 19.7 Å². The van der Waals surface area contributed by atoms with Crippen LogP contribution in [0, 0.1) is 0 Å². The molecule has 5 heteroatoms. The Balaban J connectivity index is 1.85. The summed E-state index contributed by atoms with van der Waals surface area (Å²) in [6.07, 6.45) is 6.54. The quantitative estimate of drug-likeness (QED) is 0.578. The van der Waals surface area contributed by atoms with E-state index in [-0.39, 0.29) is 0 Å². The molecular formula is C9H18N4O. The van der Waals surface area contributed by atoms with Gasteiger partial charge < -0.3 is 10.4 Å². The summed E-state index contributed by atoms with van der Waals surface area (Å²) in [6.45, 7) is 3.18. The standard InChI is InChI=1S/C9H18N4O/c14-9-2-1-4-10-5-3-7-13-8-6-11-12-13/h6,8,10,14H,1-5,7,9H2. The second-order valence-electron chi connectivity index (χ2n) is 3.20. The Hall–Kier alpha value is -0.940. The van der Waals surface area contributed by atoms with Crippen molar-refractivity contribution >= 4 is 0 Å². The summed E-state index contributed by atoms with van der Waals surface area (Å²) in [5, 5.41) is 19.5. The minimum absolute atomic E-state index is 0.292. The highest BCUT2D eigenvalue weighted by Gasteiger charge is 1.91. The van der Waals surface area contributed by atoms with Gasteiger partial charge in [0, 0.05) is 19.3 Å². The Morgan fingerprint density at radius 3 is 2.79 bits per heavy atom. The number of aryl methyl sites for hydroxylation is 1. The summed E-state index contributed by atoms with van der Waals surface area (Å²) >= 11 is 0. The summed E-state index contributed by atoms with van der Waals surface area (Å²) in [4.78, 5) is 0. The van der Waals surface area contributed by atoms with Crippen molar-refractivity contribution in [2.24, 2.45) is 0 Å². The molecule has 0 amide bonds. The van der Waals surface area contributed by atoms with Gasteiger partial charge in [-0.3, -0.25) is 4.68 Å². The maximum Gasteiger partial charge on any atom is 0.0692 e. The third-order valence-corrected chi connectivity index (χ3v) is 1.97. The minimum Gasteiger partial charge on any atom is -0.396 e. The van der Waals surface area contributed by atoms with Crippen molar-refractivity contribution in [2.45, 2.75) is 25.8 Å². The maximum absolute atomic E-state index is 8.55. The SMILES string of the molecule is OCCCCNCCCn1ccnn1. The Morgan fingerprint density at radius 2 is 2.07 bits per heavy atom. The second kappa shape index (κ2) is 7.46. The van der Waals surface area contributed by atoms with Gasteiger partial charge in [-0.1, -0.05) is 5.21 Å². The van der Waals surface area contributed by atoms with Gasteiger partial charge in [-0.25, -0.2) is 0 Å². The highest BCUT2D eigenvalue weighted by atomic mass is 16.2. The topological polar surface area (TPSA) is 63.0 Å². The highest BCUT2D eigenvalue weighted by molar-refractivity contribution is 4.63. The normalized spacial score (nSPS) is 10.6. The molecule has 0 aromatic carbocycles. The smallest absolute Gasteiger partial charge is 0.0692 e. The molecule has 0 aliphatic carbocycles. The molecule has 0 bridgehead atoms. The first-order valence-corrected chi connectivity index (χ1v) is 5.09. The number of aromatic nitrogens is 3. The lowest BCUT2D eigenvalue weighted by Gasteiger charge is -2.03. The summed E-state index contributed by atoms with van der Waals surface area (Å²) in [6, 6.07) is 0. The molecule has 5 nitrogen and oxygen atoms in total. The Bertz CT molecular complexity index is 213. The predicted octanol–water partition coefficient (Wildman–Crippen LogP) is 0.0303.